The summed E-state index contributed by atoms with van der Waals surface area (Å²) in [6.07, 6.45) is 3.41. The molecule has 6 nitrogen and oxygen atoms in total. The lowest BCUT2D eigenvalue weighted by molar-refractivity contribution is -0.124. The first kappa shape index (κ1) is 20.1. The molecule has 26 heavy (non-hydrogen) atoms. The maximum Gasteiger partial charge on any atom is 0.410 e. The molecule has 1 aliphatic rings. The minimum atomic E-state index is -0.586. The molecule has 1 N–H and O–H groups in total. The average Bonchev–Trinajstić information content (AvgIpc) is 3.02. The molecule has 0 aliphatic heterocycles. The van der Waals surface area contributed by atoms with Crippen molar-refractivity contribution in [2.24, 2.45) is 0 Å². The largest absolute Gasteiger partial charge is 0.497 e. The van der Waals surface area contributed by atoms with Gasteiger partial charge in [0.1, 0.15) is 17.9 Å². The topological polar surface area (TPSA) is 67.9 Å². The van der Waals surface area contributed by atoms with Gasteiger partial charge in [0, 0.05) is 7.05 Å². The Hall–Kier alpha value is -2.24. The van der Waals surface area contributed by atoms with Crippen LogP contribution in [0.1, 0.15) is 52.0 Å². The number of hydrogen-bond donors (Lipinski definition) is 1. The van der Waals surface area contributed by atoms with Crippen LogP contribution in [0, 0.1) is 0 Å². The maximum atomic E-state index is 12.6. The molecule has 0 saturated heterocycles. The molecule has 0 aromatic heterocycles. The number of ether oxygens (including phenoxy) is 2. The van der Waals surface area contributed by atoms with Gasteiger partial charge in [-0.05, 0) is 51.3 Å². The monoisotopic (exact) mass is 362 g/mol. The first-order chi connectivity index (χ1) is 12.1. The smallest absolute Gasteiger partial charge is 0.410 e. The van der Waals surface area contributed by atoms with Crippen molar-refractivity contribution in [2.75, 3.05) is 20.7 Å². The number of nitrogens with zero attached hydrogens (tertiary/aromatic N) is 1. The lowest BCUT2D eigenvalue weighted by atomic mass is 9.88. The lowest BCUT2D eigenvalue weighted by Crippen LogP contribution is -2.48. The first-order valence-corrected chi connectivity index (χ1v) is 9.05. The molecule has 0 heterocycles. The third-order valence-electron chi connectivity index (χ3n) is 4.56. The Morgan fingerprint density at radius 1 is 1.15 bits per heavy atom. The molecule has 6 heteroatoms. The highest BCUT2D eigenvalue weighted by molar-refractivity contribution is 5.83. The zero-order chi connectivity index (χ0) is 19.4. The van der Waals surface area contributed by atoms with Crippen molar-refractivity contribution in [2.45, 2.75) is 57.6 Å². The Morgan fingerprint density at radius 2 is 1.73 bits per heavy atom. The minimum Gasteiger partial charge on any atom is -0.497 e. The normalized spacial score (nSPS) is 16.0. The zero-order valence-corrected chi connectivity index (χ0v) is 16.4. The molecule has 1 aliphatic carbocycles. The first-order valence-electron chi connectivity index (χ1n) is 9.05. The summed E-state index contributed by atoms with van der Waals surface area (Å²) in [6.45, 7) is 5.37. The summed E-state index contributed by atoms with van der Waals surface area (Å²) in [5.41, 5.74) is 0.111. The SMILES string of the molecule is COc1ccc(C2(NC(=O)CN(C)C(=O)OC(C)(C)C)CCCC2)cc1. The minimum absolute atomic E-state index is 0.0349. The molecule has 0 atom stereocenters. The Kier molecular flexibility index (Phi) is 6.16. The zero-order valence-electron chi connectivity index (χ0n) is 16.4. The van der Waals surface area contributed by atoms with E-state index in [9.17, 15) is 9.59 Å². The van der Waals surface area contributed by atoms with Gasteiger partial charge in [0.2, 0.25) is 5.91 Å². The number of likely N-dealkylation sites (N-methyl/N-ethyl adjacent to an activating group) is 1. The molecule has 2 rings (SSSR count). The van der Waals surface area contributed by atoms with Gasteiger partial charge in [0.05, 0.1) is 12.6 Å². The van der Waals surface area contributed by atoms with Gasteiger partial charge >= 0.3 is 6.09 Å². The Labute approximate surface area is 155 Å². The van der Waals surface area contributed by atoms with Crippen molar-refractivity contribution in [1.82, 2.24) is 10.2 Å². The van der Waals surface area contributed by atoms with E-state index in [1.807, 2.05) is 24.3 Å². The molecule has 1 fully saturated rings. The fraction of sp³-hybridized carbons (Fsp3) is 0.600. The van der Waals surface area contributed by atoms with E-state index >= 15 is 0 Å². The quantitative estimate of drug-likeness (QED) is 0.871. The average molecular weight is 362 g/mol. The number of hydrogen-bond acceptors (Lipinski definition) is 4. The highest BCUT2D eigenvalue weighted by Gasteiger charge is 2.37. The van der Waals surface area contributed by atoms with Gasteiger partial charge in [-0.3, -0.25) is 4.79 Å². The van der Waals surface area contributed by atoms with Crippen molar-refractivity contribution in [1.29, 1.82) is 0 Å². The van der Waals surface area contributed by atoms with Crippen LogP contribution in [-0.4, -0.2) is 43.2 Å². The van der Waals surface area contributed by atoms with E-state index in [0.29, 0.717) is 0 Å². The van der Waals surface area contributed by atoms with Crippen LogP contribution in [0.4, 0.5) is 4.79 Å². The molecule has 0 bridgehead atoms. The highest BCUT2D eigenvalue weighted by atomic mass is 16.6. The van der Waals surface area contributed by atoms with Gasteiger partial charge in [0.15, 0.2) is 0 Å². The van der Waals surface area contributed by atoms with Crippen molar-refractivity contribution in [3.8, 4) is 5.75 Å². The molecule has 144 valence electrons. The van der Waals surface area contributed by atoms with E-state index in [2.05, 4.69) is 5.32 Å². The Bertz CT molecular complexity index is 628. The number of amides is 2. The standard InChI is InChI=1S/C20H30N2O4/c1-19(2,3)26-18(24)22(4)14-17(23)21-20(12-6-7-13-20)15-8-10-16(25-5)11-9-15/h8-11H,6-7,12-14H2,1-5H3,(H,21,23). The number of benzene rings is 1. The summed E-state index contributed by atoms with van der Waals surface area (Å²) < 4.78 is 10.5. The fourth-order valence-corrected chi connectivity index (χ4v) is 3.30. The predicted octanol–water partition coefficient (Wildman–Crippen LogP) is 3.45. The van der Waals surface area contributed by atoms with Gasteiger partial charge < -0.3 is 19.7 Å². The van der Waals surface area contributed by atoms with Crippen molar-refractivity contribution >= 4 is 12.0 Å². The van der Waals surface area contributed by atoms with E-state index in [4.69, 9.17) is 9.47 Å². The molecule has 1 aromatic carbocycles. The molecule has 0 unspecified atom stereocenters. The number of nitrogens with one attached hydrogen (secondary N) is 1. The van der Waals surface area contributed by atoms with Gasteiger partial charge in [-0.1, -0.05) is 25.0 Å². The van der Waals surface area contributed by atoms with Gasteiger partial charge in [-0.25, -0.2) is 4.79 Å². The number of carbonyl (C=O) groups is 2. The van der Waals surface area contributed by atoms with Crippen LogP contribution in [0.2, 0.25) is 0 Å². The molecular formula is C20H30N2O4. The van der Waals surface area contributed by atoms with Gasteiger partial charge in [-0.15, -0.1) is 0 Å². The van der Waals surface area contributed by atoms with Crippen LogP contribution in [0.5, 0.6) is 5.75 Å². The van der Waals surface area contributed by atoms with E-state index in [1.54, 1.807) is 34.9 Å². The van der Waals surface area contributed by atoms with Crippen LogP contribution < -0.4 is 10.1 Å². The highest BCUT2D eigenvalue weighted by Crippen LogP contribution is 2.39. The van der Waals surface area contributed by atoms with E-state index in [-0.39, 0.29) is 18.0 Å². The van der Waals surface area contributed by atoms with Crippen LogP contribution in [0.3, 0.4) is 0 Å². The van der Waals surface area contributed by atoms with Crippen molar-refractivity contribution < 1.29 is 19.1 Å². The lowest BCUT2D eigenvalue weighted by Gasteiger charge is -2.32. The summed E-state index contributed by atoms with van der Waals surface area (Å²) in [7, 11) is 3.21. The number of methoxy groups -OCH3 is 1. The molecule has 0 radical (unpaired) electrons. The Balaban J connectivity index is 2.05. The summed E-state index contributed by atoms with van der Waals surface area (Å²) in [4.78, 5) is 26.0. The second-order valence-electron chi connectivity index (χ2n) is 7.90. The fourth-order valence-electron chi connectivity index (χ4n) is 3.30. The van der Waals surface area contributed by atoms with Crippen molar-refractivity contribution in [3.63, 3.8) is 0 Å². The summed E-state index contributed by atoms with van der Waals surface area (Å²) in [5.74, 6) is 0.606. The number of rotatable bonds is 5. The second-order valence-corrected chi connectivity index (χ2v) is 7.90. The van der Waals surface area contributed by atoms with Crippen LogP contribution in [0.15, 0.2) is 24.3 Å². The molecule has 2 amide bonds. The van der Waals surface area contributed by atoms with Crippen LogP contribution in [-0.2, 0) is 15.1 Å². The summed E-state index contributed by atoms with van der Waals surface area (Å²) >= 11 is 0. The maximum absolute atomic E-state index is 12.6. The predicted molar refractivity (Wildman–Crippen MR) is 100 cm³/mol. The van der Waals surface area contributed by atoms with Crippen molar-refractivity contribution in [3.05, 3.63) is 29.8 Å². The van der Waals surface area contributed by atoms with E-state index < -0.39 is 11.7 Å². The second kappa shape index (κ2) is 7.98. The molecule has 1 aromatic rings. The van der Waals surface area contributed by atoms with Crippen LogP contribution >= 0.6 is 0 Å². The molecule has 0 spiro atoms. The summed E-state index contributed by atoms with van der Waals surface area (Å²) in [5, 5.41) is 3.17. The van der Waals surface area contributed by atoms with E-state index in [1.165, 1.54) is 4.90 Å². The Morgan fingerprint density at radius 3 is 2.23 bits per heavy atom. The van der Waals surface area contributed by atoms with Gasteiger partial charge in [-0.2, -0.15) is 0 Å². The third-order valence-corrected chi connectivity index (χ3v) is 4.56. The molecule has 1 saturated carbocycles. The van der Waals surface area contributed by atoms with Gasteiger partial charge in [0.25, 0.3) is 0 Å². The third kappa shape index (κ3) is 5.13. The molecular weight excluding hydrogens is 332 g/mol. The van der Waals surface area contributed by atoms with E-state index in [0.717, 1.165) is 37.0 Å². The summed E-state index contributed by atoms with van der Waals surface area (Å²) in [6, 6.07) is 7.83. The van der Waals surface area contributed by atoms with Crippen LogP contribution in [0.25, 0.3) is 0 Å². The number of carbonyl (C=O) groups excluding carboxylic acids is 2.